The van der Waals surface area contributed by atoms with E-state index in [1.54, 1.807) is 0 Å². The predicted octanol–water partition coefficient (Wildman–Crippen LogP) is 12.8. The number of hydrogen-bond donors (Lipinski definition) is 0. The minimum Gasteiger partial charge on any atom is -0.456 e. The van der Waals surface area contributed by atoms with Crippen LogP contribution in [0.4, 0.5) is 28.4 Å². The first kappa shape index (κ1) is 26.8. The molecule has 0 N–H and O–H groups in total. The second-order valence-electron chi connectivity index (χ2n) is 11.7. The lowest BCUT2D eigenvalue weighted by Gasteiger charge is -2.29. The van der Waals surface area contributed by atoms with Crippen molar-refractivity contribution in [3.8, 4) is 0 Å². The van der Waals surface area contributed by atoms with Gasteiger partial charge in [0.05, 0.1) is 0 Å². The molecule has 4 heteroatoms. The Morgan fingerprint density at radius 1 is 0.478 bits per heavy atom. The molecule has 0 amide bonds. The molecule has 1 aliphatic carbocycles. The van der Waals surface area contributed by atoms with Gasteiger partial charge in [-0.3, -0.25) is 0 Å². The summed E-state index contributed by atoms with van der Waals surface area (Å²) >= 11 is 1.86. The zero-order valence-electron chi connectivity index (χ0n) is 25.1. The van der Waals surface area contributed by atoms with E-state index in [2.05, 4.69) is 155 Å². The summed E-state index contributed by atoms with van der Waals surface area (Å²) in [5, 5.41) is 4.82. The van der Waals surface area contributed by atoms with Crippen molar-refractivity contribution in [2.24, 2.45) is 0 Å². The fourth-order valence-electron chi connectivity index (χ4n) is 6.74. The maximum atomic E-state index is 6.16. The molecule has 6 aromatic carbocycles. The molecule has 0 spiro atoms. The minimum absolute atomic E-state index is 0.901. The van der Waals surface area contributed by atoms with Crippen LogP contribution in [-0.2, 0) is 0 Å². The van der Waals surface area contributed by atoms with Crippen molar-refractivity contribution in [2.45, 2.75) is 12.8 Å². The summed E-state index contributed by atoms with van der Waals surface area (Å²) in [6.45, 7) is 0. The zero-order valence-corrected chi connectivity index (χ0v) is 26.0. The van der Waals surface area contributed by atoms with Gasteiger partial charge in [-0.25, -0.2) is 0 Å². The first-order valence-corrected chi connectivity index (χ1v) is 16.6. The van der Waals surface area contributed by atoms with Crippen molar-refractivity contribution in [2.75, 3.05) is 9.80 Å². The maximum Gasteiger partial charge on any atom is 0.135 e. The lowest BCUT2D eigenvalue weighted by Crippen LogP contribution is -2.17. The van der Waals surface area contributed by atoms with Crippen LogP contribution in [0.5, 0.6) is 0 Å². The van der Waals surface area contributed by atoms with Crippen LogP contribution < -0.4 is 9.80 Å². The van der Waals surface area contributed by atoms with Gasteiger partial charge in [0.1, 0.15) is 11.2 Å². The van der Waals surface area contributed by atoms with Crippen molar-refractivity contribution in [1.29, 1.82) is 0 Å². The molecule has 0 unspecified atom stereocenters. The molecule has 0 saturated carbocycles. The van der Waals surface area contributed by atoms with E-state index in [0.717, 1.165) is 51.8 Å². The summed E-state index contributed by atoms with van der Waals surface area (Å²) in [4.78, 5) is 4.75. The average Bonchev–Trinajstić information content (AvgIpc) is 3.67. The van der Waals surface area contributed by atoms with Gasteiger partial charge in [-0.2, -0.15) is 0 Å². The average molecular weight is 611 g/mol. The van der Waals surface area contributed by atoms with Gasteiger partial charge in [0.15, 0.2) is 0 Å². The highest BCUT2D eigenvalue weighted by atomic mass is 32.1. The first-order valence-electron chi connectivity index (χ1n) is 15.7. The van der Waals surface area contributed by atoms with Gasteiger partial charge in [0, 0.05) is 65.1 Å². The highest BCUT2D eigenvalue weighted by Crippen LogP contribution is 2.44. The number of thiophene rings is 1. The molecule has 0 atom stereocenters. The van der Waals surface area contributed by atoms with Gasteiger partial charge in [-0.05, 0) is 97.8 Å². The summed E-state index contributed by atoms with van der Waals surface area (Å²) in [7, 11) is 0. The number of allylic oxidation sites excluding steroid dienone is 4. The van der Waals surface area contributed by atoms with Crippen LogP contribution in [-0.4, -0.2) is 0 Å². The van der Waals surface area contributed by atoms with Gasteiger partial charge in [-0.1, -0.05) is 72.8 Å². The molecule has 0 bridgehead atoms. The molecule has 0 radical (unpaired) electrons. The van der Waals surface area contributed by atoms with Crippen LogP contribution in [0.1, 0.15) is 12.8 Å². The van der Waals surface area contributed by atoms with Gasteiger partial charge >= 0.3 is 0 Å². The maximum absolute atomic E-state index is 6.16. The van der Waals surface area contributed by atoms with Crippen LogP contribution in [0.3, 0.4) is 0 Å². The molecular weight excluding hydrogens is 581 g/mol. The Balaban J connectivity index is 1.17. The number of hydrogen-bond acceptors (Lipinski definition) is 4. The van der Waals surface area contributed by atoms with Crippen LogP contribution in [0.2, 0.25) is 0 Å². The zero-order chi connectivity index (χ0) is 30.5. The molecule has 8 aromatic rings. The van der Waals surface area contributed by atoms with E-state index in [9.17, 15) is 0 Å². The van der Waals surface area contributed by atoms with E-state index in [0.29, 0.717) is 0 Å². The minimum atomic E-state index is 0.901. The lowest BCUT2D eigenvalue weighted by molar-refractivity contribution is 0.669. The van der Waals surface area contributed by atoms with Crippen LogP contribution in [0.15, 0.2) is 168 Å². The Labute approximate surface area is 271 Å². The lowest BCUT2D eigenvalue weighted by atomic mass is 10.1. The Morgan fingerprint density at radius 2 is 1.13 bits per heavy atom. The number of furan rings is 1. The molecule has 3 nitrogen and oxygen atoms in total. The molecule has 46 heavy (non-hydrogen) atoms. The predicted molar refractivity (Wildman–Crippen MR) is 196 cm³/mol. The van der Waals surface area contributed by atoms with E-state index in [4.69, 9.17) is 4.42 Å². The largest absolute Gasteiger partial charge is 0.456 e. The van der Waals surface area contributed by atoms with E-state index in [-0.39, 0.29) is 0 Å². The van der Waals surface area contributed by atoms with E-state index >= 15 is 0 Å². The third-order valence-electron chi connectivity index (χ3n) is 8.88. The van der Waals surface area contributed by atoms with Crippen molar-refractivity contribution in [1.82, 2.24) is 0 Å². The van der Waals surface area contributed by atoms with Gasteiger partial charge in [-0.15, -0.1) is 11.3 Å². The molecule has 0 aliphatic heterocycles. The number of nitrogens with zero attached hydrogens (tertiary/aromatic N) is 2. The molecule has 9 rings (SSSR count). The number of para-hydroxylation sites is 3. The van der Waals surface area contributed by atoms with Gasteiger partial charge < -0.3 is 14.2 Å². The summed E-state index contributed by atoms with van der Waals surface area (Å²) in [6, 6.07) is 49.9. The van der Waals surface area contributed by atoms with Gasteiger partial charge in [0.25, 0.3) is 0 Å². The standard InChI is InChI=1S/C42H30N2OS/c1-4-12-29(13-5-1)43(30-14-6-2-7-15-30)33-22-25-41-38(27-33)36-23-20-34(28-42(36)46-41)44(31-16-8-3-9-17-31)32-21-24-40-37(26-32)35-18-10-11-19-39(35)45-40/h1-6,8-14,16-28H,7,15H2. The highest BCUT2D eigenvalue weighted by Gasteiger charge is 2.19. The monoisotopic (exact) mass is 610 g/mol. The number of benzene rings is 6. The molecule has 0 fully saturated rings. The van der Waals surface area contributed by atoms with Crippen molar-refractivity contribution in [3.05, 3.63) is 163 Å². The summed E-state index contributed by atoms with van der Waals surface area (Å²) < 4.78 is 8.72. The Hall–Kier alpha value is -5.58. The molecule has 220 valence electrons. The van der Waals surface area contributed by atoms with Crippen molar-refractivity contribution >= 4 is 81.9 Å². The molecular formula is C42H30N2OS. The quantitative estimate of drug-likeness (QED) is 0.187. The third kappa shape index (κ3) is 4.58. The summed E-state index contributed by atoms with van der Waals surface area (Å²) in [5.74, 6) is 0. The van der Waals surface area contributed by atoms with Crippen LogP contribution >= 0.6 is 11.3 Å². The Morgan fingerprint density at radius 3 is 1.93 bits per heavy atom. The smallest absolute Gasteiger partial charge is 0.135 e. The van der Waals surface area contributed by atoms with Gasteiger partial charge in [0.2, 0.25) is 0 Å². The molecule has 2 aromatic heterocycles. The SMILES string of the molecule is C1=CCCC(N(c2ccccc2)c2ccc3sc4cc(N(c5ccccc5)c5ccc6oc7ccccc7c6c5)ccc4c3c2)=C1. The highest BCUT2D eigenvalue weighted by molar-refractivity contribution is 7.25. The Kier molecular flexibility index (Phi) is 6.46. The summed E-state index contributed by atoms with van der Waals surface area (Å²) in [5.41, 5.74) is 8.85. The number of fused-ring (bicyclic) bond motifs is 6. The number of anilines is 5. The van der Waals surface area contributed by atoms with E-state index < -0.39 is 0 Å². The molecule has 2 heterocycles. The molecule has 1 aliphatic rings. The third-order valence-corrected chi connectivity index (χ3v) is 10.0. The Bertz CT molecular complexity index is 2440. The van der Waals surface area contributed by atoms with E-state index in [1.165, 1.54) is 37.2 Å². The fourth-order valence-corrected chi connectivity index (χ4v) is 7.86. The normalized spacial score (nSPS) is 13.1. The van der Waals surface area contributed by atoms with Crippen LogP contribution in [0.25, 0.3) is 42.1 Å². The fraction of sp³-hybridized carbons (Fsp3) is 0.0476. The van der Waals surface area contributed by atoms with E-state index in [1.807, 2.05) is 23.5 Å². The summed E-state index contributed by atoms with van der Waals surface area (Å²) in [6.07, 6.45) is 8.75. The molecule has 0 saturated heterocycles. The van der Waals surface area contributed by atoms with Crippen LogP contribution in [0, 0.1) is 0 Å². The number of rotatable bonds is 6. The topological polar surface area (TPSA) is 19.6 Å². The first-order chi connectivity index (χ1) is 22.8. The second-order valence-corrected chi connectivity index (χ2v) is 12.8. The second kappa shape index (κ2) is 11.1. The van der Waals surface area contributed by atoms with Crippen molar-refractivity contribution < 1.29 is 4.42 Å². The van der Waals surface area contributed by atoms with Crippen molar-refractivity contribution in [3.63, 3.8) is 0 Å².